The Bertz CT molecular complexity index is 666. The summed E-state index contributed by atoms with van der Waals surface area (Å²) in [4.78, 5) is 14.3. The van der Waals surface area contributed by atoms with Crippen molar-refractivity contribution in [1.29, 1.82) is 0 Å². The molecule has 0 saturated carbocycles. The zero-order valence-electron chi connectivity index (χ0n) is 15.9. The predicted octanol–water partition coefficient (Wildman–Crippen LogP) is 2.92. The monoisotopic (exact) mass is 381 g/mol. The molecule has 0 spiro atoms. The van der Waals surface area contributed by atoms with E-state index >= 15 is 0 Å². The van der Waals surface area contributed by atoms with Crippen LogP contribution in [0.1, 0.15) is 45.4 Å². The summed E-state index contributed by atoms with van der Waals surface area (Å²) in [5, 5.41) is 2.83. The van der Waals surface area contributed by atoms with Crippen molar-refractivity contribution in [3.63, 3.8) is 0 Å². The molecule has 1 fully saturated rings. The van der Waals surface area contributed by atoms with Gasteiger partial charge in [0, 0.05) is 18.8 Å². The fraction of sp³-hybridized carbons (Fsp3) is 0.632. The van der Waals surface area contributed by atoms with E-state index in [2.05, 4.69) is 12.2 Å². The zero-order valence-corrected chi connectivity index (χ0v) is 16.7. The molecule has 26 heavy (non-hydrogen) atoms. The number of sulfonamides is 1. The lowest BCUT2D eigenvalue weighted by Gasteiger charge is -2.20. The van der Waals surface area contributed by atoms with E-state index in [9.17, 15) is 13.2 Å². The van der Waals surface area contributed by atoms with E-state index in [1.807, 2.05) is 11.9 Å². The van der Waals surface area contributed by atoms with Crippen LogP contribution in [0.25, 0.3) is 0 Å². The smallest absolute Gasteiger partial charge is 0.243 e. The molecular weight excluding hydrogens is 350 g/mol. The molecule has 1 heterocycles. The fourth-order valence-corrected chi connectivity index (χ4v) is 4.61. The Labute approximate surface area is 157 Å². The van der Waals surface area contributed by atoms with Crippen molar-refractivity contribution in [2.75, 3.05) is 38.5 Å². The van der Waals surface area contributed by atoms with Crippen molar-refractivity contribution in [3.05, 3.63) is 24.3 Å². The van der Waals surface area contributed by atoms with Crippen molar-refractivity contribution in [1.82, 2.24) is 9.21 Å². The molecule has 1 aromatic carbocycles. The molecule has 1 N–H and O–H groups in total. The molecule has 0 radical (unpaired) electrons. The highest BCUT2D eigenvalue weighted by Gasteiger charge is 2.24. The predicted molar refractivity (Wildman–Crippen MR) is 105 cm³/mol. The molecule has 0 unspecified atom stereocenters. The first-order valence-electron chi connectivity index (χ1n) is 9.52. The average Bonchev–Trinajstić information content (AvgIpc) is 2.90. The summed E-state index contributed by atoms with van der Waals surface area (Å²) in [5.41, 5.74) is 0.619. The van der Waals surface area contributed by atoms with Crippen LogP contribution in [-0.4, -0.2) is 56.8 Å². The summed E-state index contributed by atoms with van der Waals surface area (Å²) in [6.45, 7) is 4.51. The number of unbranched alkanes of at least 4 members (excludes halogenated alkanes) is 1. The molecule has 0 bridgehead atoms. The Morgan fingerprint density at radius 1 is 1.12 bits per heavy atom. The van der Waals surface area contributed by atoms with Gasteiger partial charge >= 0.3 is 0 Å². The van der Waals surface area contributed by atoms with E-state index in [1.54, 1.807) is 28.6 Å². The second-order valence-corrected chi connectivity index (χ2v) is 8.92. The zero-order chi connectivity index (χ0) is 19.0. The number of nitrogens with zero attached hydrogens (tertiary/aromatic N) is 2. The van der Waals surface area contributed by atoms with Gasteiger partial charge in [0.25, 0.3) is 0 Å². The van der Waals surface area contributed by atoms with Crippen LogP contribution >= 0.6 is 0 Å². The van der Waals surface area contributed by atoms with Gasteiger partial charge in [-0.2, -0.15) is 4.31 Å². The summed E-state index contributed by atoms with van der Waals surface area (Å²) < 4.78 is 27.1. The van der Waals surface area contributed by atoms with E-state index in [-0.39, 0.29) is 10.8 Å². The number of hydrogen-bond acceptors (Lipinski definition) is 4. The Morgan fingerprint density at radius 3 is 2.31 bits per heavy atom. The number of carbonyl (C=O) groups excluding carboxylic acids is 1. The summed E-state index contributed by atoms with van der Waals surface area (Å²) in [6.07, 6.45) is 6.16. The van der Waals surface area contributed by atoms with Crippen LogP contribution in [0.5, 0.6) is 0 Å². The van der Waals surface area contributed by atoms with Gasteiger partial charge in [0.05, 0.1) is 11.4 Å². The van der Waals surface area contributed by atoms with Gasteiger partial charge in [-0.25, -0.2) is 8.42 Å². The minimum atomic E-state index is -3.45. The van der Waals surface area contributed by atoms with Crippen LogP contribution in [0.2, 0.25) is 0 Å². The van der Waals surface area contributed by atoms with E-state index in [4.69, 9.17) is 0 Å². The lowest BCUT2D eigenvalue weighted by Crippen LogP contribution is -2.32. The van der Waals surface area contributed by atoms with Gasteiger partial charge in [0.15, 0.2) is 0 Å². The molecule has 1 saturated heterocycles. The molecule has 6 nitrogen and oxygen atoms in total. The SMILES string of the molecule is CCCCN(C)CC(=O)Nc1ccc(S(=O)(=O)N2CCCCCC2)cc1. The van der Waals surface area contributed by atoms with Crippen molar-refractivity contribution < 1.29 is 13.2 Å². The van der Waals surface area contributed by atoms with Crippen LogP contribution < -0.4 is 5.32 Å². The second-order valence-electron chi connectivity index (χ2n) is 6.98. The topological polar surface area (TPSA) is 69.7 Å². The summed E-state index contributed by atoms with van der Waals surface area (Å²) >= 11 is 0. The highest BCUT2D eigenvalue weighted by molar-refractivity contribution is 7.89. The third-order valence-corrected chi connectivity index (χ3v) is 6.56. The first-order valence-corrected chi connectivity index (χ1v) is 11.0. The first-order chi connectivity index (χ1) is 12.4. The fourth-order valence-electron chi connectivity index (χ4n) is 3.09. The van der Waals surface area contributed by atoms with Crippen LogP contribution in [0.15, 0.2) is 29.2 Å². The molecule has 1 amide bonds. The number of rotatable bonds is 8. The van der Waals surface area contributed by atoms with Gasteiger partial charge in [0.1, 0.15) is 0 Å². The van der Waals surface area contributed by atoms with Crippen LogP contribution in [0.4, 0.5) is 5.69 Å². The minimum Gasteiger partial charge on any atom is -0.325 e. The molecule has 0 aliphatic carbocycles. The summed E-state index contributed by atoms with van der Waals surface area (Å²) in [6, 6.07) is 6.48. The minimum absolute atomic E-state index is 0.0910. The van der Waals surface area contributed by atoms with Gasteiger partial charge in [-0.15, -0.1) is 0 Å². The number of amides is 1. The van der Waals surface area contributed by atoms with Crippen molar-refractivity contribution >= 4 is 21.6 Å². The number of nitrogens with one attached hydrogen (secondary N) is 1. The van der Waals surface area contributed by atoms with Crippen molar-refractivity contribution in [3.8, 4) is 0 Å². The second kappa shape index (κ2) is 10.0. The van der Waals surface area contributed by atoms with Crippen LogP contribution in [0.3, 0.4) is 0 Å². The number of likely N-dealkylation sites (N-methyl/N-ethyl adjacent to an activating group) is 1. The standard InChI is InChI=1S/C19H31N3O3S/c1-3-4-13-21(2)16-19(23)20-17-9-11-18(12-10-17)26(24,25)22-14-7-5-6-8-15-22/h9-12H,3-8,13-16H2,1-2H3,(H,20,23). The maximum atomic E-state index is 12.8. The highest BCUT2D eigenvalue weighted by atomic mass is 32.2. The Kier molecular flexibility index (Phi) is 8.06. The van der Waals surface area contributed by atoms with Crippen LogP contribution in [0, 0.1) is 0 Å². The van der Waals surface area contributed by atoms with E-state index < -0.39 is 10.0 Å². The van der Waals surface area contributed by atoms with Gasteiger partial charge in [-0.05, 0) is 57.1 Å². The number of benzene rings is 1. The first kappa shape index (κ1) is 20.9. The number of anilines is 1. The van der Waals surface area contributed by atoms with E-state index in [1.165, 1.54) is 0 Å². The molecule has 0 atom stereocenters. The molecule has 1 aromatic rings. The lowest BCUT2D eigenvalue weighted by molar-refractivity contribution is -0.117. The average molecular weight is 382 g/mol. The third kappa shape index (κ3) is 6.07. The normalized spacial score (nSPS) is 16.4. The number of hydrogen-bond donors (Lipinski definition) is 1. The molecule has 7 heteroatoms. The Morgan fingerprint density at radius 2 is 1.73 bits per heavy atom. The maximum absolute atomic E-state index is 12.8. The third-order valence-electron chi connectivity index (χ3n) is 4.65. The molecule has 1 aliphatic rings. The lowest BCUT2D eigenvalue weighted by atomic mass is 10.2. The largest absolute Gasteiger partial charge is 0.325 e. The molecule has 1 aliphatic heterocycles. The summed E-state index contributed by atoms with van der Waals surface area (Å²) in [7, 11) is -1.52. The van der Waals surface area contributed by atoms with E-state index in [0.717, 1.165) is 45.1 Å². The molecule has 0 aromatic heterocycles. The van der Waals surface area contributed by atoms with E-state index in [0.29, 0.717) is 25.3 Å². The van der Waals surface area contributed by atoms with Crippen LogP contribution in [-0.2, 0) is 14.8 Å². The molecule has 146 valence electrons. The molecular formula is C19H31N3O3S. The van der Waals surface area contributed by atoms with Gasteiger partial charge in [-0.1, -0.05) is 26.2 Å². The van der Waals surface area contributed by atoms with Crippen molar-refractivity contribution in [2.24, 2.45) is 0 Å². The number of carbonyl (C=O) groups is 1. The van der Waals surface area contributed by atoms with Gasteiger partial charge in [-0.3, -0.25) is 9.69 Å². The van der Waals surface area contributed by atoms with Crippen molar-refractivity contribution in [2.45, 2.75) is 50.3 Å². The maximum Gasteiger partial charge on any atom is 0.243 e. The molecule has 2 rings (SSSR count). The Balaban J connectivity index is 1.95. The summed E-state index contributed by atoms with van der Waals surface area (Å²) in [5.74, 6) is -0.0910. The Hall–Kier alpha value is -1.44. The quantitative estimate of drug-likeness (QED) is 0.752. The van der Waals surface area contributed by atoms with Gasteiger partial charge < -0.3 is 5.32 Å². The highest BCUT2D eigenvalue weighted by Crippen LogP contribution is 2.21. The van der Waals surface area contributed by atoms with Gasteiger partial charge in [0.2, 0.25) is 15.9 Å².